The Morgan fingerprint density at radius 1 is 1.58 bits per heavy atom. The molecule has 3 rings (SSSR count). The molecule has 0 bridgehead atoms. The second-order valence-electron chi connectivity index (χ2n) is 4.35. The van der Waals surface area contributed by atoms with Crippen LogP contribution in [0.1, 0.15) is 11.4 Å². The van der Waals surface area contributed by atoms with Crippen LogP contribution in [0.5, 0.6) is 5.75 Å². The molecule has 1 aliphatic rings. The van der Waals surface area contributed by atoms with Crippen LogP contribution in [-0.2, 0) is 13.0 Å². The third-order valence-electron chi connectivity index (χ3n) is 2.91. The number of aromatic nitrogens is 3. The SMILES string of the molecule is NC(=S)c1ncn(CC2Cc3cc(F)ccc3O2)n1. The van der Waals surface area contributed by atoms with Crippen molar-refractivity contribution in [3.63, 3.8) is 0 Å². The monoisotopic (exact) mass is 278 g/mol. The van der Waals surface area contributed by atoms with E-state index in [0.717, 1.165) is 11.3 Å². The van der Waals surface area contributed by atoms with Gasteiger partial charge in [0, 0.05) is 12.0 Å². The fourth-order valence-electron chi connectivity index (χ4n) is 2.09. The van der Waals surface area contributed by atoms with Crippen molar-refractivity contribution in [2.75, 3.05) is 0 Å². The van der Waals surface area contributed by atoms with Crippen molar-refractivity contribution < 1.29 is 9.13 Å². The van der Waals surface area contributed by atoms with Gasteiger partial charge in [0.25, 0.3) is 0 Å². The van der Waals surface area contributed by atoms with Crippen LogP contribution in [0.4, 0.5) is 4.39 Å². The minimum Gasteiger partial charge on any atom is -0.488 e. The molecular formula is C12H11FN4OS. The summed E-state index contributed by atoms with van der Waals surface area (Å²) in [5.41, 5.74) is 6.32. The maximum atomic E-state index is 13.1. The second kappa shape index (κ2) is 4.58. The van der Waals surface area contributed by atoms with Crippen LogP contribution in [0, 0.1) is 5.82 Å². The summed E-state index contributed by atoms with van der Waals surface area (Å²) < 4.78 is 20.4. The lowest BCUT2D eigenvalue weighted by atomic mass is 10.1. The lowest BCUT2D eigenvalue weighted by Crippen LogP contribution is -2.21. The topological polar surface area (TPSA) is 66.0 Å². The van der Waals surface area contributed by atoms with Crippen LogP contribution in [0.2, 0.25) is 0 Å². The van der Waals surface area contributed by atoms with Gasteiger partial charge in [0.05, 0.1) is 6.54 Å². The normalized spacial score (nSPS) is 17.0. The van der Waals surface area contributed by atoms with Crippen LogP contribution in [0.15, 0.2) is 24.5 Å². The van der Waals surface area contributed by atoms with E-state index < -0.39 is 0 Å². The highest BCUT2D eigenvalue weighted by atomic mass is 32.1. The zero-order valence-electron chi connectivity index (χ0n) is 9.91. The summed E-state index contributed by atoms with van der Waals surface area (Å²) in [7, 11) is 0. The summed E-state index contributed by atoms with van der Waals surface area (Å²) in [6, 6.07) is 4.53. The molecule has 1 unspecified atom stereocenters. The van der Waals surface area contributed by atoms with Crippen LogP contribution < -0.4 is 10.5 Å². The van der Waals surface area contributed by atoms with E-state index in [1.807, 2.05) is 0 Å². The molecule has 7 heteroatoms. The first-order valence-corrected chi connectivity index (χ1v) is 6.17. The van der Waals surface area contributed by atoms with E-state index in [1.54, 1.807) is 17.1 Å². The van der Waals surface area contributed by atoms with Crippen molar-refractivity contribution in [2.45, 2.75) is 19.1 Å². The number of rotatable bonds is 3. The molecule has 0 amide bonds. The van der Waals surface area contributed by atoms with Crippen molar-refractivity contribution in [3.05, 3.63) is 41.7 Å². The van der Waals surface area contributed by atoms with Gasteiger partial charge in [-0.15, -0.1) is 5.10 Å². The number of benzene rings is 1. The third-order valence-corrected chi connectivity index (χ3v) is 3.09. The summed E-state index contributed by atoms with van der Waals surface area (Å²) in [6.07, 6.45) is 2.12. The van der Waals surface area contributed by atoms with Gasteiger partial charge in [-0.1, -0.05) is 12.2 Å². The molecule has 0 saturated carbocycles. The Morgan fingerprint density at radius 3 is 3.16 bits per heavy atom. The molecule has 0 fully saturated rings. The van der Waals surface area contributed by atoms with Crippen molar-refractivity contribution in [1.82, 2.24) is 14.8 Å². The molecule has 2 aromatic rings. The Balaban J connectivity index is 1.71. The minimum atomic E-state index is -0.250. The van der Waals surface area contributed by atoms with Gasteiger partial charge in [-0.2, -0.15) is 0 Å². The Kier molecular flexibility index (Phi) is 2.90. The standard InChI is InChI=1S/C12H11FN4OS/c13-8-1-2-10-7(3-8)4-9(18-10)5-17-6-15-12(16-17)11(14)19/h1-3,6,9H,4-5H2,(H2,14,19). The van der Waals surface area contributed by atoms with Crippen LogP contribution in [0.3, 0.4) is 0 Å². The summed E-state index contributed by atoms with van der Waals surface area (Å²) in [4.78, 5) is 4.15. The fraction of sp³-hybridized carbons (Fsp3) is 0.250. The van der Waals surface area contributed by atoms with E-state index in [2.05, 4.69) is 10.1 Å². The molecule has 98 valence electrons. The smallest absolute Gasteiger partial charge is 0.208 e. The Bertz CT molecular complexity index is 642. The Hall–Kier alpha value is -2.02. The van der Waals surface area contributed by atoms with Crippen molar-refractivity contribution in [1.29, 1.82) is 0 Å². The molecule has 0 spiro atoms. The van der Waals surface area contributed by atoms with E-state index in [1.165, 1.54) is 12.1 Å². The number of nitrogens with zero attached hydrogens (tertiary/aromatic N) is 3. The van der Waals surface area contributed by atoms with Gasteiger partial charge < -0.3 is 10.5 Å². The lowest BCUT2D eigenvalue weighted by molar-refractivity contribution is 0.203. The Labute approximate surface area is 114 Å². The van der Waals surface area contributed by atoms with Crippen molar-refractivity contribution in [2.24, 2.45) is 5.73 Å². The first-order chi connectivity index (χ1) is 9.11. The van der Waals surface area contributed by atoms with Crippen molar-refractivity contribution in [3.8, 4) is 5.75 Å². The molecule has 5 nitrogen and oxygen atoms in total. The molecular weight excluding hydrogens is 267 g/mol. The highest BCUT2D eigenvalue weighted by Gasteiger charge is 2.24. The highest BCUT2D eigenvalue weighted by Crippen LogP contribution is 2.29. The predicted octanol–water partition coefficient (Wildman–Crippen LogP) is 1.06. The number of ether oxygens (including phenoxy) is 1. The summed E-state index contributed by atoms with van der Waals surface area (Å²) in [6.45, 7) is 0.520. The predicted molar refractivity (Wildman–Crippen MR) is 70.4 cm³/mol. The molecule has 1 aliphatic heterocycles. The maximum Gasteiger partial charge on any atom is 0.208 e. The molecule has 0 radical (unpaired) electrons. The molecule has 1 atom stereocenters. The zero-order valence-corrected chi connectivity index (χ0v) is 10.7. The first-order valence-electron chi connectivity index (χ1n) is 5.76. The quantitative estimate of drug-likeness (QED) is 0.850. The average Bonchev–Trinajstić information content (AvgIpc) is 2.95. The second-order valence-corrected chi connectivity index (χ2v) is 4.79. The van der Waals surface area contributed by atoms with E-state index in [0.29, 0.717) is 18.8 Å². The molecule has 2 N–H and O–H groups in total. The number of hydrogen-bond donors (Lipinski definition) is 1. The average molecular weight is 278 g/mol. The first kappa shape index (κ1) is 12.0. The van der Waals surface area contributed by atoms with Gasteiger partial charge in [-0.3, -0.25) is 0 Å². The Morgan fingerprint density at radius 2 is 2.42 bits per heavy atom. The highest BCUT2D eigenvalue weighted by molar-refractivity contribution is 7.80. The number of halogens is 1. The van der Waals surface area contributed by atoms with E-state index >= 15 is 0 Å². The van der Waals surface area contributed by atoms with Crippen LogP contribution in [-0.4, -0.2) is 25.9 Å². The zero-order chi connectivity index (χ0) is 13.4. The minimum absolute atomic E-state index is 0.0855. The lowest BCUT2D eigenvalue weighted by Gasteiger charge is -2.09. The van der Waals surface area contributed by atoms with E-state index in [9.17, 15) is 4.39 Å². The molecule has 0 aliphatic carbocycles. The van der Waals surface area contributed by atoms with Gasteiger partial charge in [0.1, 0.15) is 29.0 Å². The fourth-order valence-corrected chi connectivity index (χ4v) is 2.19. The van der Waals surface area contributed by atoms with Gasteiger partial charge in [-0.25, -0.2) is 14.1 Å². The van der Waals surface area contributed by atoms with Crippen LogP contribution in [0.25, 0.3) is 0 Å². The molecule has 1 aromatic heterocycles. The van der Waals surface area contributed by atoms with Gasteiger partial charge in [-0.05, 0) is 18.2 Å². The van der Waals surface area contributed by atoms with Gasteiger partial charge in [0.2, 0.25) is 5.82 Å². The number of nitrogens with two attached hydrogens (primary N) is 1. The van der Waals surface area contributed by atoms with Crippen molar-refractivity contribution >= 4 is 17.2 Å². The van der Waals surface area contributed by atoms with E-state index in [4.69, 9.17) is 22.7 Å². The molecule has 19 heavy (non-hydrogen) atoms. The maximum absolute atomic E-state index is 13.1. The summed E-state index contributed by atoms with van der Waals surface area (Å²) in [5.74, 6) is 0.817. The van der Waals surface area contributed by atoms with Gasteiger partial charge in [0.15, 0.2) is 0 Å². The number of hydrogen-bond acceptors (Lipinski definition) is 4. The number of thiocarbonyl (C=S) groups is 1. The molecule has 0 saturated heterocycles. The number of fused-ring (bicyclic) bond motifs is 1. The summed E-state index contributed by atoms with van der Waals surface area (Å²) in [5, 5.41) is 4.14. The summed E-state index contributed by atoms with van der Waals surface area (Å²) >= 11 is 4.80. The third kappa shape index (κ3) is 2.41. The largest absolute Gasteiger partial charge is 0.488 e. The molecule has 1 aromatic carbocycles. The van der Waals surface area contributed by atoms with Crippen LogP contribution >= 0.6 is 12.2 Å². The molecule has 2 heterocycles. The van der Waals surface area contributed by atoms with E-state index in [-0.39, 0.29) is 16.9 Å². The van der Waals surface area contributed by atoms with Gasteiger partial charge >= 0.3 is 0 Å².